The molecule has 1 aliphatic rings. The maximum atomic E-state index is 12.3. The van der Waals surface area contributed by atoms with Crippen LogP contribution in [0, 0.1) is 10.1 Å². The van der Waals surface area contributed by atoms with Crippen LogP contribution in [-0.2, 0) is 0 Å². The highest BCUT2D eigenvalue weighted by molar-refractivity contribution is 5.51. The average molecular weight is 334 g/mol. The third-order valence-corrected chi connectivity index (χ3v) is 3.75. The van der Waals surface area contributed by atoms with E-state index in [4.69, 9.17) is 19.9 Å². The molecule has 10 nitrogen and oxygen atoms in total. The summed E-state index contributed by atoms with van der Waals surface area (Å²) in [6.07, 6.45) is -1.53. The van der Waals surface area contributed by atoms with Gasteiger partial charge in [-0.15, -0.1) is 0 Å². The molecule has 0 bridgehead atoms. The fourth-order valence-corrected chi connectivity index (χ4v) is 2.72. The molecular weight excluding hydrogens is 320 g/mol. The quantitative estimate of drug-likeness (QED) is 0.607. The number of H-pyrrole nitrogens is 1. The SMILES string of the molecule is COc1ccc(OC)c([C@@H]2c3c(nc(N)[nH]c3=O)O[C@H]2[N+](=O)[O-])c1. The van der Waals surface area contributed by atoms with Crippen molar-refractivity contribution >= 4 is 5.95 Å². The van der Waals surface area contributed by atoms with Crippen molar-refractivity contribution < 1.29 is 19.1 Å². The predicted molar refractivity (Wildman–Crippen MR) is 82.1 cm³/mol. The smallest absolute Gasteiger partial charge is 0.366 e. The van der Waals surface area contributed by atoms with Gasteiger partial charge in [0.25, 0.3) is 5.56 Å². The first-order chi connectivity index (χ1) is 11.5. The summed E-state index contributed by atoms with van der Waals surface area (Å²) < 4.78 is 15.7. The fraction of sp³-hybridized carbons (Fsp3) is 0.286. The molecule has 0 spiro atoms. The number of fused-ring (bicyclic) bond motifs is 1. The van der Waals surface area contributed by atoms with Crippen molar-refractivity contribution in [3.05, 3.63) is 49.8 Å². The Labute approximate surface area is 135 Å². The van der Waals surface area contributed by atoms with E-state index in [1.165, 1.54) is 14.2 Å². The lowest BCUT2D eigenvalue weighted by atomic mass is 9.91. The van der Waals surface area contributed by atoms with E-state index in [-0.39, 0.29) is 17.4 Å². The summed E-state index contributed by atoms with van der Waals surface area (Å²) in [5, 5.41) is 11.4. The van der Waals surface area contributed by atoms with Gasteiger partial charge in [0.1, 0.15) is 17.4 Å². The third kappa shape index (κ3) is 2.37. The largest absolute Gasteiger partial charge is 0.497 e. The van der Waals surface area contributed by atoms with Crippen LogP contribution in [-0.4, -0.2) is 35.3 Å². The zero-order chi connectivity index (χ0) is 17.4. The number of hydrogen-bond acceptors (Lipinski definition) is 8. The standard InChI is InChI=1S/C14H14N4O6/c1-22-6-3-4-8(23-2)7(5-6)9-10-11(19)16-14(15)17-12(10)24-13(9)18(20)21/h3-5,9,13H,1-2H3,(H3,15,16,17,19)/t9-,13-/m1/s1. The van der Waals surface area contributed by atoms with Crippen LogP contribution in [0.5, 0.6) is 17.4 Å². The highest BCUT2D eigenvalue weighted by Gasteiger charge is 2.48. The van der Waals surface area contributed by atoms with Crippen molar-refractivity contribution in [2.75, 3.05) is 20.0 Å². The number of hydrogen-bond donors (Lipinski definition) is 2. The molecule has 2 atom stereocenters. The molecule has 1 aliphatic heterocycles. The Balaban J connectivity index is 2.26. The molecule has 0 saturated carbocycles. The van der Waals surface area contributed by atoms with Crippen molar-refractivity contribution in [2.45, 2.75) is 12.1 Å². The summed E-state index contributed by atoms with van der Waals surface area (Å²) in [7, 11) is 2.89. The number of aromatic amines is 1. The van der Waals surface area contributed by atoms with Crippen molar-refractivity contribution in [3.63, 3.8) is 0 Å². The zero-order valence-corrected chi connectivity index (χ0v) is 12.8. The Hall–Kier alpha value is -3.30. The summed E-state index contributed by atoms with van der Waals surface area (Å²) >= 11 is 0. The maximum absolute atomic E-state index is 12.3. The van der Waals surface area contributed by atoms with Gasteiger partial charge < -0.3 is 19.9 Å². The number of aromatic nitrogens is 2. The molecule has 24 heavy (non-hydrogen) atoms. The Morgan fingerprint density at radius 2 is 2.12 bits per heavy atom. The highest BCUT2D eigenvalue weighted by atomic mass is 16.7. The van der Waals surface area contributed by atoms with E-state index in [1.54, 1.807) is 18.2 Å². The first kappa shape index (κ1) is 15.6. The number of ether oxygens (including phenoxy) is 3. The Morgan fingerprint density at radius 3 is 2.75 bits per heavy atom. The van der Waals surface area contributed by atoms with Gasteiger partial charge in [-0.1, -0.05) is 0 Å². The molecule has 2 aromatic rings. The summed E-state index contributed by atoms with van der Waals surface area (Å²) in [4.78, 5) is 29.3. The summed E-state index contributed by atoms with van der Waals surface area (Å²) in [5.74, 6) is -0.537. The van der Waals surface area contributed by atoms with E-state index in [0.29, 0.717) is 17.1 Å². The average Bonchev–Trinajstić information content (AvgIpc) is 2.93. The summed E-state index contributed by atoms with van der Waals surface area (Å²) in [6, 6.07) is 4.81. The van der Waals surface area contributed by atoms with Crippen LogP contribution in [0.4, 0.5) is 5.95 Å². The van der Waals surface area contributed by atoms with E-state index < -0.39 is 22.6 Å². The van der Waals surface area contributed by atoms with E-state index in [2.05, 4.69) is 9.97 Å². The van der Waals surface area contributed by atoms with Gasteiger partial charge in [-0.2, -0.15) is 4.98 Å². The second kappa shape index (κ2) is 5.72. The van der Waals surface area contributed by atoms with E-state index >= 15 is 0 Å². The van der Waals surface area contributed by atoms with Gasteiger partial charge in [-0.3, -0.25) is 19.9 Å². The van der Waals surface area contributed by atoms with Gasteiger partial charge >= 0.3 is 6.23 Å². The molecule has 0 fully saturated rings. The molecule has 3 rings (SSSR count). The van der Waals surface area contributed by atoms with Gasteiger partial charge in [0.05, 0.1) is 24.7 Å². The van der Waals surface area contributed by atoms with Gasteiger partial charge in [0, 0.05) is 5.56 Å². The Bertz CT molecular complexity index is 865. The number of methoxy groups -OCH3 is 2. The maximum Gasteiger partial charge on any atom is 0.366 e. The molecule has 1 aromatic heterocycles. The number of anilines is 1. The lowest BCUT2D eigenvalue weighted by Crippen LogP contribution is -2.30. The number of nitro groups is 1. The topological polar surface area (TPSA) is 143 Å². The molecule has 0 amide bonds. The lowest BCUT2D eigenvalue weighted by molar-refractivity contribution is -0.562. The van der Waals surface area contributed by atoms with Crippen molar-refractivity contribution in [1.29, 1.82) is 0 Å². The molecular formula is C14H14N4O6. The number of nitrogens with two attached hydrogens (primary N) is 1. The minimum Gasteiger partial charge on any atom is -0.497 e. The predicted octanol–water partition coefficient (Wildman–Crippen LogP) is 0.496. The molecule has 126 valence electrons. The van der Waals surface area contributed by atoms with Crippen LogP contribution in [0.15, 0.2) is 23.0 Å². The van der Waals surface area contributed by atoms with Crippen molar-refractivity contribution in [3.8, 4) is 17.4 Å². The Kier molecular flexibility index (Phi) is 3.72. The van der Waals surface area contributed by atoms with E-state index in [1.807, 2.05) is 0 Å². The van der Waals surface area contributed by atoms with Crippen LogP contribution in [0.3, 0.4) is 0 Å². The zero-order valence-electron chi connectivity index (χ0n) is 12.8. The normalized spacial score (nSPS) is 18.6. The molecule has 2 heterocycles. The minimum atomic E-state index is -1.53. The van der Waals surface area contributed by atoms with Gasteiger partial charge in [0.2, 0.25) is 11.8 Å². The fourth-order valence-electron chi connectivity index (χ4n) is 2.72. The van der Waals surface area contributed by atoms with E-state index in [0.717, 1.165) is 0 Å². The van der Waals surface area contributed by atoms with Gasteiger partial charge in [-0.25, -0.2) is 0 Å². The van der Waals surface area contributed by atoms with Crippen molar-refractivity contribution in [1.82, 2.24) is 9.97 Å². The lowest BCUT2D eigenvalue weighted by Gasteiger charge is -2.16. The number of benzene rings is 1. The Morgan fingerprint density at radius 1 is 1.38 bits per heavy atom. The molecule has 3 N–H and O–H groups in total. The highest BCUT2D eigenvalue weighted by Crippen LogP contribution is 2.43. The molecule has 0 saturated heterocycles. The number of nitrogens with zero attached hydrogens (tertiary/aromatic N) is 2. The third-order valence-electron chi connectivity index (χ3n) is 3.75. The monoisotopic (exact) mass is 334 g/mol. The van der Waals surface area contributed by atoms with Crippen LogP contribution in [0.25, 0.3) is 0 Å². The second-order valence-corrected chi connectivity index (χ2v) is 5.05. The molecule has 0 radical (unpaired) electrons. The first-order valence-electron chi connectivity index (χ1n) is 6.88. The van der Waals surface area contributed by atoms with E-state index in [9.17, 15) is 14.9 Å². The van der Waals surface area contributed by atoms with Crippen LogP contribution < -0.4 is 25.5 Å². The second-order valence-electron chi connectivity index (χ2n) is 5.05. The van der Waals surface area contributed by atoms with Gasteiger partial charge in [-0.05, 0) is 18.2 Å². The van der Waals surface area contributed by atoms with Crippen LogP contribution in [0.1, 0.15) is 17.0 Å². The molecule has 0 unspecified atom stereocenters. The van der Waals surface area contributed by atoms with Gasteiger partial charge in [0.15, 0.2) is 0 Å². The first-order valence-corrected chi connectivity index (χ1v) is 6.88. The summed E-state index contributed by atoms with van der Waals surface area (Å²) in [5.41, 5.74) is 5.29. The summed E-state index contributed by atoms with van der Waals surface area (Å²) in [6.45, 7) is 0. The number of nitrogen functional groups attached to an aromatic ring is 1. The van der Waals surface area contributed by atoms with Crippen LogP contribution in [0.2, 0.25) is 0 Å². The molecule has 10 heteroatoms. The van der Waals surface area contributed by atoms with Crippen LogP contribution >= 0.6 is 0 Å². The minimum absolute atomic E-state index is 0.0254. The molecule has 1 aromatic carbocycles. The number of rotatable bonds is 4. The molecule has 0 aliphatic carbocycles. The van der Waals surface area contributed by atoms with Crippen molar-refractivity contribution in [2.24, 2.45) is 0 Å². The number of nitrogens with one attached hydrogen (secondary N) is 1.